The molecule has 2 aromatic rings. The molecule has 0 spiro atoms. The van der Waals surface area contributed by atoms with E-state index in [4.69, 9.17) is 0 Å². The van der Waals surface area contributed by atoms with E-state index in [1.807, 2.05) is 0 Å². The number of hydrogen-bond acceptors (Lipinski definition) is 0. The predicted molar refractivity (Wildman–Crippen MR) is 99.9 cm³/mol. The van der Waals surface area contributed by atoms with Gasteiger partial charge in [-0.1, -0.05) is 74.4 Å². The summed E-state index contributed by atoms with van der Waals surface area (Å²) in [5, 5.41) is 0. The number of benzene rings is 2. The second-order valence-corrected chi connectivity index (χ2v) is 7.39. The zero-order valence-electron chi connectivity index (χ0n) is 14.5. The molecule has 0 aromatic heterocycles. The Morgan fingerprint density at radius 2 is 1.26 bits per heavy atom. The molecule has 0 unspecified atom stereocenters. The minimum atomic E-state index is 0.818. The molecule has 0 atom stereocenters. The van der Waals surface area contributed by atoms with Crippen molar-refractivity contribution in [2.24, 2.45) is 5.92 Å². The summed E-state index contributed by atoms with van der Waals surface area (Å²) in [4.78, 5) is 0. The van der Waals surface area contributed by atoms with Gasteiger partial charge in [-0.05, 0) is 67.1 Å². The highest BCUT2D eigenvalue weighted by Gasteiger charge is 2.19. The van der Waals surface area contributed by atoms with Crippen molar-refractivity contribution in [3.05, 3.63) is 71.3 Å². The highest BCUT2D eigenvalue weighted by Crippen LogP contribution is 2.35. The second-order valence-electron chi connectivity index (χ2n) is 7.39. The van der Waals surface area contributed by atoms with Crippen LogP contribution in [0.5, 0.6) is 0 Å². The summed E-state index contributed by atoms with van der Waals surface area (Å²) in [5.74, 6) is 1.76. The van der Waals surface area contributed by atoms with Gasteiger partial charge in [0.2, 0.25) is 0 Å². The Morgan fingerprint density at radius 3 is 1.87 bits per heavy atom. The summed E-state index contributed by atoms with van der Waals surface area (Å²) in [5.41, 5.74) is 4.55. The quantitative estimate of drug-likeness (QED) is 0.531. The highest BCUT2D eigenvalue weighted by atomic mass is 14.2. The van der Waals surface area contributed by atoms with Gasteiger partial charge in [0, 0.05) is 0 Å². The molecular weight excluding hydrogens is 276 g/mol. The molecule has 1 fully saturated rings. The van der Waals surface area contributed by atoms with Gasteiger partial charge in [-0.15, -0.1) is 0 Å². The Kier molecular flexibility index (Phi) is 5.91. The van der Waals surface area contributed by atoms with Gasteiger partial charge in [-0.3, -0.25) is 0 Å². The van der Waals surface area contributed by atoms with Gasteiger partial charge < -0.3 is 0 Å². The first kappa shape index (κ1) is 16.3. The van der Waals surface area contributed by atoms with Crippen molar-refractivity contribution < 1.29 is 0 Å². The summed E-state index contributed by atoms with van der Waals surface area (Å²) in [6.07, 6.45) is 10.6. The van der Waals surface area contributed by atoms with Crippen LogP contribution in [-0.4, -0.2) is 0 Å². The van der Waals surface area contributed by atoms with E-state index in [2.05, 4.69) is 61.5 Å². The molecule has 0 heterocycles. The van der Waals surface area contributed by atoms with Crippen molar-refractivity contribution >= 4 is 0 Å². The van der Waals surface area contributed by atoms with Gasteiger partial charge in [0.15, 0.2) is 0 Å². The molecule has 1 aliphatic carbocycles. The SMILES string of the molecule is CC1CCC(c2ccc(CCCCc3ccccc3)cc2)CC1. The van der Waals surface area contributed by atoms with Crippen molar-refractivity contribution in [2.45, 2.75) is 64.2 Å². The van der Waals surface area contributed by atoms with Gasteiger partial charge in [-0.2, -0.15) is 0 Å². The fraction of sp³-hybridized carbons (Fsp3) is 0.478. The zero-order valence-corrected chi connectivity index (χ0v) is 14.5. The predicted octanol–water partition coefficient (Wildman–Crippen LogP) is 6.55. The van der Waals surface area contributed by atoms with Crippen LogP contribution in [0.25, 0.3) is 0 Å². The van der Waals surface area contributed by atoms with Crippen molar-refractivity contribution in [1.82, 2.24) is 0 Å². The summed E-state index contributed by atoms with van der Waals surface area (Å²) in [6, 6.07) is 20.4. The van der Waals surface area contributed by atoms with E-state index < -0.39 is 0 Å². The first-order valence-corrected chi connectivity index (χ1v) is 9.44. The van der Waals surface area contributed by atoms with Gasteiger partial charge in [0.25, 0.3) is 0 Å². The number of aryl methyl sites for hydroxylation is 2. The Labute approximate surface area is 141 Å². The standard InChI is InChI=1S/C23H30/c1-19-11-15-22(16-12-19)23-17-13-21(14-18-23)10-6-5-9-20-7-3-2-4-8-20/h2-4,7-8,13-14,17-19,22H,5-6,9-12,15-16H2,1H3. The molecule has 0 amide bonds. The van der Waals surface area contributed by atoms with Crippen molar-refractivity contribution in [2.75, 3.05) is 0 Å². The summed E-state index contributed by atoms with van der Waals surface area (Å²) >= 11 is 0. The van der Waals surface area contributed by atoms with Gasteiger partial charge in [-0.25, -0.2) is 0 Å². The molecule has 0 aliphatic heterocycles. The third-order valence-corrected chi connectivity index (χ3v) is 5.49. The number of rotatable bonds is 6. The molecule has 0 saturated heterocycles. The molecule has 3 rings (SSSR count). The molecule has 0 bridgehead atoms. The minimum absolute atomic E-state index is 0.818. The van der Waals surface area contributed by atoms with Crippen LogP contribution < -0.4 is 0 Å². The normalized spacial score (nSPS) is 21.3. The fourth-order valence-corrected chi connectivity index (χ4v) is 3.85. The van der Waals surface area contributed by atoms with E-state index in [0.717, 1.165) is 11.8 Å². The lowest BCUT2D eigenvalue weighted by Gasteiger charge is -2.26. The Balaban J connectivity index is 1.42. The lowest BCUT2D eigenvalue weighted by atomic mass is 9.79. The molecule has 1 aliphatic rings. The summed E-state index contributed by atoms with van der Waals surface area (Å²) < 4.78 is 0. The molecular formula is C23H30. The van der Waals surface area contributed by atoms with E-state index in [1.165, 1.54) is 62.5 Å². The van der Waals surface area contributed by atoms with Gasteiger partial charge >= 0.3 is 0 Å². The number of unbranched alkanes of at least 4 members (excludes halogenated alkanes) is 1. The molecule has 23 heavy (non-hydrogen) atoms. The van der Waals surface area contributed by atoms with Crippen LogP contribution in [0.1, 0.15) is 68.1 Å². The Bertz CT molecular complexity index is 559. The van der Waals surface area contributed by atoms with Crippen LogP contribution in [0.2, 0.25) is 0 Å². The highest BCUT2D eigenvalue weighted by molar-refractivity contribution is 5.26. The third-order valence-electron chi connectivity index (χ3n) is 5.49. The minimum Gasteiger partial charge on any atom is -0.0625 e. The number of hydrogen-bond donors (Lipinski definition) is 0. The van der Waals surface area contributed by atoms with Crippen LogP contribution in [0.3, 0.4) is 0 Å². The Morgan fingerprint density at radius 1 is 0.696 bits per heavy atom. The molecule has 0 heteroatoms. The first-order chi connectivity index (χ1) is 11.3. The first-order valence-electron chi connectivity index (χ1n) is 9.44. The summed E-state index contributed by atoms with van der Waals surface area (Å²) in [7, 11) is 0. The van der Waals surface area contributed by atoms with E-state index in [1.54, 1.807) is 5.56 Å². The van der Waals surface area contributed by atoms with Crippen LogP contribution in [0, 0.1) is 5.92 Å². The third kappa shape index (κ3) is 4.96. The lowest BCUT2D eigenvalue weighted by Crippen LogP contribution is -2.10. The monoisotopic (exact) mass is 306 g/mol. The van der Waals surface area contributed by atoms with Crippen LogP contribution in [0.4, 0.5) is 0 Å². The molecule has 122 valence electrons. The largest absolute Gasteiger partial charge is 0.0625 e. The maximum atomic E-state index is 2.40. The van der Waals surface area contributed by atoms with Gasteiger partial charge in [0.05, 0.1) is 0 Å². The molecule has 0 nitrogen and oxygen atoms in total. The van der Waals surface area contributed by atoms with Gasteiger partial charge in [0.1, 0.15) is 0 Å². The average molecular weight is 306 g/mol. The summed E-state index contributed by atoms with van der Waals surface area (Å²) in [6.45, 7) is 2.40. The zero-order chi connectivity index (χ0) is 15.9. The molecule has 0 N–H and O–H groups in total. The fourth-order valence-electron chi connectivity index (χ4n) is 3.85. The van der Waals surface area contributed by atoms with Crippen LogP contribution >= 0.6 is 0 Å². The maximum Gasteiger partial charge on any atom is -0.0162 e. The van der Waals surface area contributed by atoms with Crippen molar-refractivity contribution in [3.63, 3.8) is 0 Å². The average Bonchev–Trinajstić information content (AvgIpc) is 2.61. The van der Waals surface area contributed by atoms with E-state index in [9.17, 15) is 0 Å². The Hall–Kier alpha value is -1.56. The van der Waals surface area contributed by atoms with Crippen molar-refractivity contribution in [3.8, 4) is 0 Å². The van der Waals surface area contributed by atoms with E-state index >= 15 is 0 Å². The second kappa shape index (κ2) is 8.34. The molecule has 1 saturated carbocycles. The smallest absolute Gasteiger partial charge is 0.0162 e. The lowest BCUT2D eigenvalue weighted by molar-refractivity contribution is 0.348. The van der Waals surface area contributed by atoms with E-state index in [0.29, 0.717) is 0 Å². The van der Waals surface area contributed by atoms with E-state index in [-0.39, 0.29) is 0 Å². The van der Waals surface area contributed by atoms with Crippen LogP contribution in [-0.2, 0) is 12.8 Å². The van der Waals surface area contributed by atoms with Crippen molar-refractivity contribution in [1.29, 1.82) is 0 Å². The molecule has 0 radical (unpaired) electrons. The molecule has 2 aromatic carbocycles. The van der Waals surface area contributed by atoms with Crippen LogP contribution in [0.15, 0.2) is 54.6 Å². The topological polar surface area (TPSA) is 0 Å². The maximum absolute atomic E-state index is 2.40.